The Balaban J connectivity index is 2.50. The van der Waals surface area contributed by atoms with Crippen LogP contribution in [-0.4, -0.2) is 33.2 Å². The first kappa shape index (κ1) is 11.7. The zero-order valence-electron chi connectivity index (χ0n) is 9.16. The van der Waals surface area contributed by atoms with Crippen LogP contribution in [0, 0.1) is 0 Å². The molecule has 92 valence electrons. The van der Waals surface area contributed by atoms with E-state index in [1.165, 1.54) is 0 Å². The number of hydrogen-bond donors (Lipinski definition) is 1. The second-order valence-electron chi connectivity index (χ2n) is 3.77. The predicted octanol–water partition coefficient (Wildman–Crippen LogP) is -0.301. The van der Waals surface area contributed by atoms with Gasteiger partial charge in [-0.25, -0.2) is 8.42 Å². The summed E-state index contributed by atoms with van der Waals surface area (Å²) in [7, 11) is -3.46. The number of amides is 1. The molecule has 2 N–H and O–H groups in total. The zero-order chi connectivity index (χ0) is 12.6. The van der Waals surface area contributed by atoms with Crippen molar-refractivity contribution in [3.8, 4) is 5.75 Å². The van der Waals surface area contributed by atoms with E-state index < -0.39 is 22.0 Å². The van der Waals surface area contributed by atoms with Crippen molar-refractivity contribution in [3.63, 3.8) is 0 Å². The highest BCUT2D eigenvalue weighted by molar-refractivity contribution is 7.92. The fraction of sp³-hybridized carbons (Fsp3) is 0.300. The van der Waals surface area contributed by atoms with E-state index in [-0.39, 0.29) is 6.54 Å². The molecule has 6 nitrogen and oxygen atoms in total. The largest absolute Gasteiger partial charge is 0.476 e. The molecule has 0 saturated carbocycles. The van der Waals surface area contributed by atoms with Crippen molar-refractivity contribution in [3.05, 3.63) is 24.3 Å². The lowest BCUT2D eigenvalue weighted by molar-refractivity contribution is -0.124. The third-order valence-corrected chi connectivity index (χ3v) is 3.60. The summed E-state index contributed by atoms with van der Waals surface area (Å²) < 4.78 is 29.7. The molecule has 0 fully saturated rings. The van der Waals surface area contributed by atoms with Crippen LogP contribution in [0.25, 0.3) is 0 Å². The lowest BCUT2D eigenvalue weighted by Crippen LogP contribution is -2.48. The number of carbonyl (C=O) groups is 1. The van der Waals surface area contributed by atoms with E-state index in [4.69, 9.17) is 10.5 Å². The molecule has 1 atom stereocenters. The molecule has 0 radical (unpaired) electrons. The normalized spacial score (nSPS) is 19.4. The summed E-state index contributed by atoms with van der Waals surface area (Å²) in [6.45, 7) is -0.0921. The Bertz CT molecular complexity index is 555. The quantitative estimate of drug-likeness (QED) is 0.786. The van der Waals surface area contributed by atoms with Crippen molar-refractivity contribution in [1.82, 2.24) is 0 Å². The van der Waals surface area contributed by atoms with Gasteiger partial charge in [-0.05, 0) is 12.1 Å². The van der Waals surface area contributed by atoms with Gasteiger partial charge in [-0.15, -0.1) is 0 Å². The molecule has 0 aromatic heterocycles. The Labute approximate surface area is 99.0 Å². The topological polar surface area (TPSA) is 89.7 Å². The first-order valence-corrected chi connectivity index (χ1v) is 6.77. The van der Waals surface area contributed by atoms with Crippen LogP contribution in [0.2, 0.25) is 0 Å². The van der Waals surface area contributed by atoms with Crippen molar-refractivity contribution in [1.29, 1.82) is 0 Å². The van der Waals surface area contributed by atoms with Gasteiger partial charge in [-0.1, -0.05) is 12.1 Å². The van der Waals surface area contributed by atoms with Crippen LogP contribution in [0.4, 0.5) is 5.69 Å². The molecule has 0 unspecified atom stereocenters. The van der Waals surface area contributed by atoms with E-state index in [1.807, 2.05) is 0 Å². The van der Waals surface area contributed by atoms with E-state index in [0.717, 1.165) is 10.6 Å². The molecule has 0 aliphatic carbocycles. The number of fused-ring (bicyclic) bond motifs is 1. The van der Waals surface area contributed by atoms with E-state index in [0.29, 0.717) is 11.4 Å². The van der Waals surface area contributed by atoms with Gasteiger partial charge < -0.3 is 10.5 Å². The molecule has 1 aromatic carbocycles. The van der Waals surface area contributed by atoms with Crippen LogP contribution in [0.15, 0.2) is 24.3 Å². The van der Waals surface area contributed by atoms with Crippen LogP contribution in [0.5, 0.6) is 5.75 Å². The number of rotatable bonds is 2. The number of ether oxygens (including phenoxy) is 1. The summed E-state index contributed by atoms with van der Waals surface area (Å²) in [6.07, 6.45) is 0.118. The highest BCUT2D eigenvalue weighted by Crippen LogP contribution is 2.34. The monoisotopic (exact) mass is 256 g/mol. The highest BCUT2D eigenvalue weighted by Gasteiger charge is 2.33. The molecule has 2 rings (SSSR count). The number of benzene rings is 1. The SMILES string of the molecule is CS(=O)(=O)N1C[C@@H](C(N)=O)Oc2ccccc21. The maximum Gasteiger partial charge on any atom is 0.260 e. The number of nitrogens with two attached hydrogens (primary N) is 1. The average molecular weight is 256 g/mol. The van der Waals surface area contributed by atoms with Gasteiger partial charge in [0.25, 0.3) is 5.91 Å². The lowest BCUT2D eigenvalue weighted by atomic mass is 10.2. The van der Waals surface area contributed by atoms with Gasteiger partial charge in [0, 0.05) is 0 Å². The molecular weight excluding hydrogens is 244 g/mol. The third-order valence-electron chi connectivity index (χ3n) is 2.45. The fourth-order valence-corrected chi connectivity index (χ4v) is 2.58. The van der Waals surface area contributed by atoms with Gasteiger partial charge in [0.15, 0.2) is 6.10 Å². The van der Waals surface area contributed by atoms with Crippen LogP contribution in [-0.2, 0) is 14.8 Å². The Kier molecular flexibility index (Phi) is 2.70. The first-order valence-electron chi connectivity index (χ1n) is 4.92. The number of nitrogens with zero attached hydrogens (tertiary/aromatic N) is 1. The molecule has 1 aliphatic heterocycles. The number of hydrogen-bond acceptors (Lipinski definition) is 4. The van der Waals surface area contributed by atoms with E-state index in [1.54, 1.807) is 24.3 Å². The molecule has 1 amide bonds. The number of para-hydroxylation sites is 2. The fourth-order valence-electron chi connectivity index (χ4n) is 1.66. The van der Waals surface area contributed by atoms with Crippen molar-refractivity contribution >= 4 is 21.6 Å². The summed E-state index contributed by atoms with van der Waals surface area (Å²) in [6, 6.07) is 6.61. The smallest absolute Gasteiger partial charge is 0.260 e. The molecule has 0 saturated heterocycles. The molecule has 1 heterocycles. The lowest BCUT2D eigenvalue weighted by Gasteiger charge is -2.33. The minimum absolute atomic E-state index is 0.0921. The predicted molar refractivity (Wildman–Crippen MR) is 62.2 cm³/mol. The highest BCUT2D eigenvalue weighted by atomic mass is 32.2. The summed E-state index contributed by atoms with van der Waals surface area (Å²) in [5.74, 6) is -0.346. The molecule has 0 bridgehead atoms. The van der Waals surface area contributed by atoms with Gasteiger partial charge in [0.2, 0.25) is 10.0 Å². The van der Waals surface area contributed by atoms with Gasteiger partial charge in [0.1, 0.15) is 5.75 Å². The van der Waals surface area contributed by atoms with Crippen LogP contribution in [0.3, 0.4) is 0 Å². The van der Waals surface area contributed by atoms with E-state index >= 15 is 0 Å². The van der Waals surface area contributed by atoms with Gasteiger partial charge in [-0.3, -0.25) is 9.10 Å². The number of primary amides is 1. The van der Waals surface area contributed by atoms with Crippen molar-refractivity contribution in [2.75, 3.05) is 17.1 Å². The summed E-state index contributed by atoms with van der Waals surface area (Å²) in [5.41, 5.74) is 5.57. The van der Waals surface area contributed by atoms with Crippen molar-refractivity contribution < 1.29 is 17.9 Å². The Hall–Kier alpha value is -1.76. The first-order chi connectivity index (χ1) is 7.89. The van der Waals surface area contributed by atoms with Crippen molar-refractivity contribution in [2.24, 2.45) is 5.73 Å². The third kappa shape index (κ3) is 2.19. The van der Waals surface area contributed by atoms with Crippen LogP contribution < -0.4 is 14.8 Å². The van der Waals surface area contributed by atoms with Gasteiger partial charge in [0.05, 0.1) is 18.5 Å². The Morgan fingerprint density at radius 1 is 1.47 bits per heavy atom. The minimum Gasteiger partial charge on any atom is -0.476 e. The van der Waals surface area contributed by atoms with Crippen LogP contribution in [0.1, 0.15) is 0 Å². The maximum atomic E-state index is 11.6. The molecular formula is C10H12N2O4S. The minimum atomic E-state index is -3.46. The molecule has 17 heavy (non-hydrogen) atoms. The van der Waals surface area contributed by atoms with Gasteiger partial charge in [-0.2, -0.15) is 0 Å². The van der Waals surface area contributed by atoms with E-state index in [9.17, 15) is 13.2 Å². The number of carbonyl (C=O) groups excluding carboxylic acids is 1. The standard InChI is InChI=1S/C10H12N2O4S/c1-17(14,15)12-6-9(10(11)13)16-8-5-3-2-4-7(8)12/h2-5,9H,6H2,1H3,(H2,11,13)/t9-/m0/s1. The van der Waals surface area contributed by atoms with Gasteiger partial charge >= 0.3 is 0 Å². The molecule has 7 heteroatoms. The Morgan fingerprint density at radius 3 is 2.71 bits per heavy atom. The summed E-state index contributed by atoms with van der Waals surface area (Å²) in [4.78, 5) is 11.1. The second-order valence-corrected chi connectivity index (χ2v) is 5.68. The molecule has 1 aliphatic rings. The van der Waals surface area contributed by atoms with E-state index in [2.05, 4.69) is 0 Å². The zero-order valence-corrected chi connectivity index (χ0v) is 9.98. The van der Waals surface area contributed by atoms with Crippen LogP contribution >= 0.6 is 0 Å². The number of anilines is 1. The maximum absolute atomic E-state index is 11.6. The average Bonchev–Trinajstić information content (AvgIpc) is 2.26. The molecule has 1 aromatic rings. The summed E-state index contributed by atoms with van der Waals surface area (Å²) in [5, 5.41) is 0. The molecule has 0 spiro atoms. The summed E-state index contributed by atoms with van der Waals surface area (Å²) >= 11 is 0. The second kappa shape index (κ2) is 3.92. The Morgan fingerprint density at radius 2 is 2.12 bits per heavy atom. The van der Waals surface area contributed by atoms with Crippen molar-refractivity contribution in [2.45, 2.75) is 6.10 Å². The number of sulfonamides is 1.